The minimum absolute atomic E-state index is 0.0638. The van der Waals surface area contributed by atoms with Crippen LogP contribution < -0.4 is 9.47 Å². The van der Waals surface area contributed by atoms with Crippen molar-refractivity contribution in [2.24, 2.45) is 0 Å². The van der Waals surface area contributed by atoms with Crippen LogP contribution in [0.15, 0.2) is 36.4 Å². The Kier molecular flexibility index (Phi) is 4.95. The number of hydrogen-bond acceptors (Lipinski definition) is 2. The standard InChI is InChI=1S/C15H13BrF2O2/c1-19-13-6-5-10(8-16)7-14(13)20-9-11-3-2-4-12(17)15(11)18/h2-7H,8-9H2,1H3. The van der Waals surface area contributed by atoms with Crippen LogP contribution in [-0.4, -0.2) is 7.11 Å². The monoisotopic (exact) mass is 342 g/mol. The molecule has 0 bridgehead atoms. The highest BCUT2D eigenvalue weighted by atomic mass is 79.9. The van der Waals surface area contributed by atoms with Gasteiger partial charge in [0.1, 0.15) is 6.61 Å². The number of rotatable bonds is 5. The van der Waals surface area contributed by atoms with Crippen molar-refractivity contribution >= 4 is 15.9 Å². The molecule has 2 rings (SSSR count). The van der Waals surface area contributed by atoms with Crippen LogP contribution >= 0.6 is 15.9 Å². The molecule has 0 N–H and O–H groups in total. The predicted molar refractivity (Wildman–Crippen MR) is 76.3 cm³/mol. The average Bonchev–Trinajstić information content (AvgIpc) is 2.48. The van der Waals surface area contributed by atoms with Crippen molar-refractivity contribution < 1.29 is 18.3 Å². The van der Waals surface area contributed by atoms with E-state index >= 15 is 0 Å². The summed E-state index contributed by atoms with van der Waals surface area (Å²) in [5.74, 6) is -0.727. The van der Waals surface area contributed by atoms with Gasteiger partial charge < -0.3 is 9.47 Å². The molecule has 20 heavy (non-hydrogen) atoms. The van der Waals surface area contributed by atoms with Crippen LogP contribution in [0.3, 0.4) is 0 Å². The molecule has 0 aliphatic carbocycles. The molecule has 0 aliphatic heterocycles. The number of methoxy groups -OCH3 is 1. The van der Waals surface area contributed by atoms with E-state index in [4.69, 9.17) is 9.47 Å². The highest BCUT2D eigenvalue weighted by Crippen LogP contribution is 2.29. The Balaban J connectivity index is 2.19. The number of ether oxygens (including phenoxy) is 2. The van der Waals surface area contributed by atoms with E-state index < -0.39 is 11.6 Å². The van der Waals surface area contributed by atoms with Crippen LogP contribution in [0.5, 0.6) is 11.5 Å². The summed E-state index contributed by atoms with van der Waals surface area (Å²) >= 11 is 3.35. The van der Waals surface area contributed by atoms with E-state index in [0.29, 0.717) is 16.8 Å². The average molecular weight is 343 g/mol. The second kappa shape index (κ2) is 6.70. The van der Waals surface area contributed by atoms with Gasteiger partial charge in [0.25, 0.3) is 0 Å². The first-order valence-electron chi connectivity index (χ1n) is 5.94. The van der Waals surface area contributed by atoms with Crippen LogP contribution in [0.4, 0.5) is 8.78 Å². The second-order valence-corrected chi connectivity index (χ2v) is 4.68. The van der Waals surface area contributed by atoms with Crippen molar-refractivity contribution in [3.8, 4) is 11.5 Å². The Hall–Kier alpha value is -1.62. The third kappa shape index (κ3) is 3.28. The fourth-order valence-electron chi connectivity index (χ4n) is 1.73. The molecule has 2 aromatic rings. The third-order valence-electron chi connectivity index (χ3n) is 2.80. The maximum absolute atomic E-state index is 13.5. The zero-order valence-electron chi connectivity index (χ0n) is 10.8. The molecule has 0 spiro atoms. The Morgan fingerprint density at radius 2 is 1.90 bits per heavy atom. The highest BCUT2D eigenvalue weighted by molar-refractivity contribution is 9.08. The van der Waals surface area contributed by atoms with E-state index in [-0.39, 0.29) is 12.2 Å². The Labute approximate surface area is 124 Å². The predicted octanol–water partition coefficient (Wildman–Crippen LogP) is 4.45. The summed E-state index contributed by atoms with van der Waals surface area (Å²) < 4.78 is 37.4. The van der Waals surface area contributed by atoms with E-state index in [1.807, 2.05) is 6.07 Å². The smallest absolute Gasteiger partial charge is 0.165 e. The molecule has 106 valence electrons. The Morgan fingerprint density at radius 1 is 1.10 bits per heavy atom. The summed E-state index contributed by atoms with van der Waals surface area (Å²) in [6, 6.07) is 9.47. The zero-order chi connectivity index (χ0) is 14.5. The van der Waals surface area contributed by atoms with Crippen LogP contribution in [0, 0.1) is 11.6 Å². The molecular weight excluding hydrogens is 330 g/mol. The summed E-state index contributed by atoms with van der Waals surface area (Å²) in [4.78, 5) is 0. The van der Waals surface area contributed by atoms with E-state index in [1.54, 1.807) is 12.1 Å². The molecule has 0 atom stereocenters. The van der Waals surface area contributed by atoms with Crippen LogP contribution in [0.25, 0.3) is 0 Å². The summed E-state index contributed by atoms with van der Waals surface area (Å²) in [6.45, 7) is -0.0638. The lowest BCUT2D eigenvalue weighted by Crippen LogP contribution is -2.02. The SMILES string of the molecule is COc1ccc(CBr)cc1OCc1cccc(F)c1F. The number of alkyl halides is 1. The highest BCUT2D eigenvalue weighted by Gasteiger charge is 2.10. The van der Waals surface area contributed by atoms with Crippen LogP contribution in [-0.2, 0) is 11.9 Å². The Bertz CT molecular complexity index is 602. The van der Waals surface area contributed by atoms with Gasteiger partial charge in [-0.15, -0.1) is 0 Å². The lowest BCUT2D eigenvalue weighted by molar-refractivity contribution is 0.277. The van der Waals surface area contributed by atoms with Crippen molar-refractivity contribution in [3.05, 3.63) is 59.2 Å². The summed E-state index contributed by atoms with van der Waals surface area (Å²) in [6.07, 6.45) is 0. The van der Waals surface area contributed by atoms with Crippen molar-refractivity contribution in [1.82, 2.24) is 0 Å². The topological polar surface area (TPSA) is 18.5 Å². The fourth-order valence-corrected chi connectivity index (χ4v) is 2.08. The van der Waals surface area contributed by atoms with E-state index in [1.165, 1.54) is 19.2 Å². The lowest BCUT2D eigenvalue weighted by atomic mass is 10.2. The normalized spacial score (nSPS) is 10.4. The van der Waals surface area contributed by atoms with Crippen LogP contribution in [0.2, 0.25) is 0 Å². The third-order valence-corrected chi connectivity index (χ3v) is 3.44. The molecule has 0 saturated carbocycles. The molecule has 0 heterocycles. The molecule has 2 aromatic carbocycles. The molecule has 0 amide bonds. The molecule has 0 fully saturated rings. The maximum atomic E-state index is 13.5. The molecule has 0 saturated heterocycles. The molecule has 5 heteroatoms. The van der Waals surface area contributed by atoms with Gasteiger partial charge in [-0.3, -0.25) is 0 Å². The number of hydrogen-bond donors (Lipinski definition) is 0. The van der Waals surface area contributed by atoms with Gasteiger partial charge in [0.2, 0.25) is 0 Å². The first-order chi connectivity index (χ1) is 9.65. The van der Waals surface area contributed by atoms with E-state index in [2.05, 4.69) is 15.9 Å². The first kappa shape index (κ1) is 14.8. The lowest BCUT2D eigenvalue weighted by Gasteiger charge is -2.12. The van der Waals surface area contributed by atoms with Gasteiger partial charge in [0, 0.05) is 10.9 Å². The fraction of sp³-hybridized carbons (Fsp3) is 0.200. The van der Waals surface area contributed by atoms with Gasteiger partial charge in [-0.2, -0.15) is 0 Å². The van der Waals surface area contributed by atoms with Gasteiger partial charge in [-0.05, 0) is 23.8 Å². The second-order valence-electron chi connectivity index (χ2n) is 4.12. The van der Waals surface area contributed by atoms with Crippen molar-refractivity contribution in [3.63, 3.8) is 0 Å². The molecule has 0 aliphatic rings. The zero-order valence-corrected chi connectivity index (χ0v) is 12.4. The van der Waals surface area contributed by atoms with Gasteiger partial charge in [0.15, 0.2) is 23.1 Å². The molecular formula is C15H13BrF2O2. The number of halogens is 3. The molecule has 0 radical (unpaired) electrons. The van der Waals surface area contributed by atoms with E-state index in [9.17, 15) is 8.78 Å². The quantitative estimate of drug-likeness (QED) is 0.747. The van der Waals surface area contributed by atoms with Gasteiger partial charge in [0.05, 0.1) is 7.11 Å². The number of benzene rings is 2. The van der Waals surface area contributed by atoms with Crippen molar-refractivity contribution in [1.29, 1.82) is 0 Å². The van der Waals surface area contributed by atoms with E-state index in [0.717, 1.165) is 11.6 Å². The minimum Gasteiger partial charge on any atom is -0.493 e. The molecule has 0 aromatic heterocycles. The van der Waals surface area contributed by atoms with Crippen LogP contribution in [0.1, 0.15) is 11.1 Å². The molecule has 2 nitrogen and oxygen atoms in total. The minimum atomic E-state index is -0.886. The van der Waals surface area contributed by atoms with Gasteiger partial charge >= 0.3 is 0 Å². The van der Waals surface area contributed by atoms with Crippen molar-refractivity contribution in [2.75, 3.05) is 7.11 Å². The summed E-state index contributed by atoms with van der Waals surface area (Å²) in [5.41, 5.74) is 1.16. The largest absolute Gasteiger partial charge is 0.493 e. The molecule has 0 unspecified atom stereocenters. The maximum Gasteiger partial charge on any atom is 0.165 e. The van der Waals surface area contributed by atoms with Gasteiger partial charge in [-0.25, -0.2) is 8.78 Å². The first-order valence-corrected chi connectivity index (χ1v) is 7.06. The summed E-state index contributed by atoms with van der Waals surface area (Å²) in [7, 11) is 1.53. The van der Waals surface area contributed by atoms with Gasteiger partial charge in [-0.1, -0.05) is 34.1 Å². The van der Waals surface area contributed by atoms with Crippen molar-refractivity contribution in [2.45, 2.75) is 11.9 Å². The summed E-state index contributed by atoms with van der Waals surface area (Å²) in [5, 5.41) is 0.668. The Morgan fingerprint density at radius 3 is 2.60 bits per heavy atom.